The number of rotatable bonds is 1. The number of hydrogen-bond donors (Lipinski definition) is 4. The summed E-state index contributed by atoms with van der Waals surface area (Å²) >= 11 is 5.35. The molecule has 0 aliphatic carbocycles. The van der Waals surface area contributed by atoms with Crippen molar-refractivity contribution >= 4 is 45.9 Å². The minimum atomic E-state index is -1.47. The van der Waals surface area contributed by atoms with Gasteiger partial charge in [0.2, 0.25) is 0 Å². The van der Waals surface area contributed by atoms with E-state index in [0.717, 1.165) is 10.1 Å². The van der Waals surface area contributed by atoms with Crippen LogP contribution in [0.4, 0.5) is 0 Å². The first-order valence-electron chi connectivity index (χ1n) is 3.90. The molecule has 0 amide bonds. The van der Waals surface area contributed by atoms with Crippen molar-refractivity contribution in [1.82, 2.24) is 0 Å². The van der Waals surface area contributed by atoms with Gasteiger partial charge in [0.25, 0.3) is 0 Å². The summed E-state index contributed by atoms with van der Waals surface area (Å²) in [6.07, 6.45) is 0. The summed E-state index contributed by atoms with van der Waals surface area (Å²) in [5, 5.41) is 28.1. The number of thiophene rings is 1. The molecule has 0 aliphatic heterocycles. The first kappa shape index (κ1) is 9.85. The highest BCUT2D eigenvalue weighted by Gasteiger charge is 2.16. The van der Waals surface area contributed by atoms with Crippen molar-refractivity contribution in [2.75, 3.05) is 0 Å². The Labute approximate surface area is 90.2 Å². The number of thiol groups is 1. The Bertz CT molecular complexity index is 481. The van der Waals surface area contributed by atoms with Gasteiger partial charge in [0, 0.05) is 4.78 Å². The second-order valence-electron chi connectivity index (χ2n) is 2.87. The molecule has 2 aromatic rings. The highest BCUT2D eigenvalue weighted by atomic mass is 32.1. The molecule has 3 nitrogen and oxygen atoms in total. The second-order valence-corrected chi connectivity index (χ2v) is 4.41. The minimum absolute atomic E-state index is 0.0988. The predicted molar refractivity (Wildman–Crippen MR) is 60.6 cm³/mol. The summed E-state index contributed by atoms with van der Waals surface area (Å²) < 4.78 is 1.21. The van der Waals surface area contributed by atoms with E-state index in [-0.39, 0.29) is 5.75 Å². The Hall–Kier alpha value is -0.685. The molecule has 0 spiro atoms. The van der Waals surface area contributed by atoms with Gasteiger partial charge in [-0.25, -0.2) is 0 Å². The summed E-state index contributed by atoms with van der Waals surface area (Å²) in [5.41, 5.74) is 0. The van der Waals surface area contributed by atoms with Crippen LogP contribution in [0.1, 0.15) is 0 Å². The molecule has 0 radical (unpaired) electrons. The number of phenols is 1. The third kappa shape index (κ3) is 1.50. The Balaban J connectivity index is 2.71. The largest absolute Gasteiger partial charge is 0.507 e. The average Bonchev–Trinajstić information content (AvgIpc) is 2.56. The van der Waals surface area contributed by atoms with E-state index in [0.29, 0.717) is 9.67 Å². The van der Waals surface area contributed by atoms with Gasteiger partial charge in [-0.3, -0.25) is 0 Å². The highest BCUT2D eigenvalue weighted by molar-refractivity contribution is 7.81. The topological polar surface area (TPSA) is 60.7 Å². The molecule has 0 fully saturated rings. The fraction of sp³-hybridized carbons (Fsp3) is 0. The van der Waals surface area contributed by atoms with Crippen LogP contribution in [-0.2, 0) is 0 Å². The van der Waals surface area contributed by atoms with Gasteiger partial charge in [-0.1, -0.05) is 0 Å². The van der Waals surface area contributed by atoms with Gasteiger partial charge in [0.05, 0.1) is 9.60 Å². The van der Waals surface area contributed by atoms with E-state index in [1.807, 2.05) is 0 Å². The fourth-order valence-corrected chi connectivity index (χ4v) is 2.54. The molecule has 0 atom stereocenters. The van der Waals surface area contributed by atoms with Gasteiger partial charge in [0.1, 0.15) is 5.75 Å². The molecule has 72 valence electrons. The molecule has 0 bridgehead atoms. The zero-order valence-corrected chi connectivity index (χ0v) is 8.72. The summed E-state index contributed by atoms with van der Waals surface area (Å²) in [6, 6.07) is 4.92. The Morgan fingerprint density at radius 1 is 1.29 bits per heavy atom. The van der Waals surface area contributed by atoms with Crippen LogP contribution in [0.3, 0.4) is 0 Å². The SMILES string of the molecule is OB(O)c1cc2ccc(O)c(S)c2s1. The van der Waals surface area contributed by atoms with Crippen LogP contribution in [0.25, 0.3) is 10.1 Å². The number of hydrogen-bond acceptors (Lipinski definition) is 5. The number of phenolic OH excluding ortho intramolecular Hbond substituents is 1. The zero-order chi connectivity index (χ0) is 10.3. The smallest absolute Gasteiger partial charge is 0.499 e. The standard InChI is InChI=1S/C8H7BO3S2/c10-5-2-1-4-3-6(9(11)12)14-8(4)7(5)13/h1-3,10-13H. The van der Waals surface area contributed by atoms with Crippen LogP contribution in [0.2, 0.25) is 0 Å². The van der Waals surface area contributed by atoms with Crippen LogP contribution in [0.5, 0.6) is 5.75 Å². The molecule has 1 aromatic heterocycles. The quantitative estimate of drug-likeness (QED) is 0.425. The number of aromatic hydroxyl groups is 1. The normalized spacial score (nSPS) is 10.8. The van der Waals surface area contributed by atoms with Crippen molar-refractivity contribution in [2.24, 2.45) is 0 Å². The molecule has 0 saturated carbocycles. The Kier molecular flexibility index (Phi) is 2.44. The first-order valence-corrected chi connectivity index (χ1v) is 5.16. The molecule has 14 heavy (non-hydrogen) atoms. The molecule has 1 aromatic carbocycles. The van der Waals surface area contributed by atoms with E-state index in [9.17, 15) is 5.11 Å². The van der Waals surface area contributed by atoms with Crippen molar-refractivity contribution in [3.8, 4) is 5.75 Å². The lowest BCUT2D eigenvalue weighted by atomic mass is 9.89. The van der Waals surface area contributed by atoms with E-state index < -0.39 is 7.12 Å². The maximum absolute atomic E-state index is 9.37. The van der Waals surface area contributed by atoms with Crippen molar-refractivity contribution < 1.29 is 15.2 Å². The lowest BCUT2D eigenvalue weighted by molar-refractivity contribution is 0.427. The molecule has 0 saturated heterocycles. The molecule has 1 heterocycles. The Morgan fingerprint density at radius 2 is 2.00 bits per heavy atom. The minimum Gasteiger partial charge on any atom is -0.507 e. The van der Waals surface area contributed by atoms with Gasteiger partial charge in [-0.05, 0) is 23.6 Å². The molecule has 6 heteroatoms. The monoisotopic (exact) mass is 226 g/mol. The van der Waals surface area contributed by atoms with E-state index in [4.69, 9.17) is 10.0 Å². The first-order chi connectivity index (χ1) is 6.59. The molecule has 0 aliphatic rings. The third-order valence-corrected chi connectivity index (χ3v) is 3.73. The van der Waals surface area contributed by atoms with Gasteiger partial charge in [0.15, 0.2) is 0 Å². The molecule has 2 rings (SSSR count). The van der Waals surface area contributed by atoms with E-state index in [2.05, 4.69) is 12.6 Å². The van der Waals surface area contributed by atoms with Crippen molar-refractivity contribution in [3.63, 3.8) is 0 Å². The van der Waals surface area contributed by atoms with Gasteiger partial charge >= 0.3 is 7.12 Å². The number of fused-ring (bicyclic) bond motifs is 1. The summed E-state index contributed by atoms with van der Waals surface area (Å²) in [5.74, 6) is 0.0988. The van der Waals surface area contributed by atoms with Crippen molar-refractivity contribution in [1.29, 1.82) is 0 Å². The molecule has 3 N–H and O–H groups in total. The average molecular weight is 226 g/mol. The summed E-state index contributed by atoms with van der Waals surface area (Å²) in [4.78, 5) is 0.472. The molecular weight excluding hydrogens is 219 g/mol. The highest BCUT2D eigenvalue weighted by Crippen LogP contribution is 2.32. The van der Waals surface area contributed by atoms with Crippen LogP contribution in [0.15, 0.2) is 23.1 Å². The van der Waals surface area contributed by atoms with Crippen LogP contribution in [-0.4, -0.2) is 22.3 Å². The van der Waals surface area contributed by atoms with Crippen molar-refractivity contribution in [3.05, 3.63) is 18.2 Å². The fourth-order valence-electron chi connectivity index (χ4n) is 1.23. The Morgan fingerprint density at radius 3 is 2.64 bits per heavy atom. The van der Waals surface area contributed by atoms with E-state index in [1.54, 1.807) is 12.1 Å². The summed E-state index contributed by atoms with van der Waals surface area (Å²) in [6.45, 7) is 0. The molecule has 0 unspecified atom stereocenters. The maximum Gasteiger partial charge on any atom is 0.499 e. The van der Waals surface area contributed by atoms with E-state index >= 15 is 0 Å². The lowest BCUT2D eigenvalue weighted by Crippen LogP contribution is -2.26. The van der Waals surface area contributed by atoms with Crippen LogP contribution >= 0.6 is 24.0 Å². The lowest BCUT2D eigenvalue weighted by Gasteiger charge is -1.97. The second kappa shape index (κ2) is 3.47. The third-order valence-electron chi connectivity index (χ3n) is 1.91. The maximum atomic E-state index is 9.37. The van der Waals surface area contributed by atoms with Crippen molar-refractivity contribution in [2.45, 2.75) is 4.90 Å². The van der Waals surface area contributed by atoms with Gasteiger partial charge < -0.3 is 15.2 Å². The summed E-state index contributed by atoms with van der Waals surface area (Å²) in [7, 11) is -1.47. The van der Waals surface area contributed by atoms with Crippen LogP contribution < -0.4 is 4.78 Å². The predicted octanol–water partition coefficient (Wildman–Crippen LogP) is 0.575. The van der Waals surface area contributed by atoms with E-state index in [1.165, 1.54) is 17.4 Å². The van der Waals surface area contributed by atoms with Gasteiger partial charge in [-0.15, -0.1) is 24.0 Å². The number of benzene rings is 1. The molecular formula is C8H7BO3S2. The zero-order valence-electron chi connectivity index (χ0n) is 7.01. The van der Waals surface area contributed by atoms with Gasteiger partial charge in [-0.2, -0.15) is 0 Å². The van der Waals surface area contributed by atoms with Crippen LogP contribution in [0, 0.1) is 0 Å².